The predicted molar refractivity (Wildman–Crippen MR) is 177 cm³/mol. The zero-order valence-electron chi connectivity index (χ0n) is 23.5. The Balaban J connectivity index is 1.43. The summed E-state index contributed by atoms with van der Waals surface area (Å²) < 4.78 is 9.59. The van der Waals surface area contributed by atoms with E-state index in [0.717, 1.165) is 29.9 Å². The van der Waals surface area contributed by atoms with Crippen LogP contribution in [0, 0.1) is 0 Å². The Labute approximate surface area is 249 Å². The molecular formula is C41H27NO. The van der Waals surface area contributed by atoms with E-state index in [1.165, 1.54) is 66.1 Å². The molecule has 0 bridgehead atoms. The maximum Gasteiger partial charge on any atom is 0.156 e. The third-order valence-corrected chi connectivity index (χ3v) is 9.86. The lowest BCUT2D eigenvalue weighted by molar-refractivity contribution is 0.440. The number of aromatic nitrogens is 1. The molecule has 0 N–H and O–H groups in total. The van der Waals surface area contributed by atoms with Crippen LogP contribution in [0.2, 0.25) is 0 Å². The SMILES string of the molecule is C1=CC(n2c3c4c(ccc3c3ccc5ccccc5c32)C2(c3ccccc3O4)c3ccccc3-c3ccccc32)=CCC1. The topological polar surface area (TPSA) is 14.2 Å². The quantitative estimate of drug-likeness (QED) is 0.199. The van der Waals surface area contributed by atoms with Crippen LogP contribution in [0.1, 0.15) is 35.1 Å². The van der Waals surface area contributed by atoms with Gasteiger partial charge in [-0.3, -0.25) is 0 Å². The van der Waals surface area contributed by atoms with Crippen molar-refractivity contribution in [3.05, 3.63) is 162 Å². The molecule has 10 rings (SSSR count). The summed E-state index contributed by atoms with van der Waals surface area (Å²) in [5, 5.41) is 4.97. The van der Waals surface area contributed by atoms with Crippen molar-refractivity contribution in [2.45, 2.75) is 18.3 Å². The Morgan fingerprint density at radius 1 is 0.535 bits per heavy atom. The van der Waals surface area contributed by atoms with Crippen molar-refractivity contribution < 1.29 is 4.74 Å². The molecule has 202 valence electrons. The van der Waals surface area contributed by atoms with Crippen LogP contribution in [0.3, 0.4) is 0 Å². The second-order valence-corrected chi connectivity index (χ2v) is 11.9. The Morgan fingerprint density at radius 2 is 1.21 bits per heavy atom. The zero-order valence-corrected chi connectivity index (χ0v) is 23.5. The first kappa shape index (κ1) is 23.2. The average Bonchev–Trinajstić information content (AvgIpc) is 3.57. The zero-order chi connectivity index (χ0) is 28.1. The van der Waals surface area contributed by atoms with E-state index in [4.69, 9.17) is 4.74 Å². The molecule has 43 heavy (non-hydrogen) atoms. The van der Waals surface area contributed by atoms with Crippen LogP contribution in [0.5, 0.6) is 11.5 Å². The summed E-state index contributed by atoms with van der Waals surface area (Å²) in [5.41, 5.74) is 10.7. The molecule has 1 aromatic heterocycles. The lowest BCUT2D eigenvalue weighted by Gasteiger charge is -2.39. The molecule has 2 aliphatic carbocycles. The average molecular weight is 550 g/mol. The van der Waals surface area contributed by atoms with Crippen LogP contribution >= 0.6 is 0 Å². The third kappa shape index (κ3) is 2.83. The first-order valence-corrected chi connectivity index (χ1v) is 15.2. The molecule has 2 heterocycles. The molecule has 6 aromatic carbocycles. The maximum absolute atomic E-state index is 7.11. The van der Waals surface area contributed by atoms with Gasteiger partial charge in [0.2, 0.25) is 0 Å². The van der Waals surface area contributed by atoms with Crippen molar-refractivity contribution >= 4 is 38.3 Å². The number of fused-ring (bicyclic) bond motifs is 15. The van der Waals surface area contributed by atoms with Gasteiger partial charge < -0.3 is 9.30 Å². The van der Waals surface area contributed by atoms with E-state index in [1.807, 2.05) is 0 Å². The number of benzene rings is 6. The number of allylic oxidation sites excluding steroid dienone is 4. The fraction of sp³-hybridized carbons (Fsp3) is 0.0732. The summed E-state index contributed by atoms with van der Waals surface area (Å²) in [6.45, 7) is 0. The molecule has 0 amide bonds. The third-order valence-electron chi connectivity index (χ3n) is 9.86. The smallest absolute Gasteiger partial charge is 0.156 e. The number of ether oxygens (including phenoxy) is 1. The molecular weight excluding hydrogens is 522 g/mol. The fourth-order valence-electron chi connectivity index (χ4n) is 8.19. The van der Waals surface area contributed by atoms with Crippen LogP contribution in [-0.2, 0) is 5.41 Å². The lowest BCUT2D eigenvalue weighted by atomic mass is 9.66. The fourth-order valence-corrected chi connectivity index (χ4v) is 8.19. The molecule has 1 aliphatic heterocycles. The Hall–Kier alpha value is -5.34. The molecule has 0 fully saturated rings. The van der Waals surface area contributed by atoms with Gasteiger partial charge in [0.25, 0.3) is 0 Å². The van der Waals surface area contributed by atoms with E-state index in [2.05, 4.69) is 144 Å². The summed E-state index contributed by atoms with van der Waals surface area (Å²) in [5.74, 6) is 1.87. The van der Waals surface area contributed by atoms with Gasteiger partial charge in [0, 0.05) is 33.0 Å². The number of hydrogen-bond donors (Lipinski definition) is 0. The van der Waals surface area contributed by atoms with Crippen molar-refractivity contribution in [3.63, 3.8) is 0 Å². The summed E-state index contributed by atoms with van der Waals surface area (Å²) in [4.78, 5) is 0. The van der Waals surface area contributed by atoms with Gasteiger partial charge in [-0.25, -0.2) is 0 Å². The van der Waals surface area contributed by atoms with Gasteiger partial charge >= 0.3 is 0 Å². The van der Waals surface area contributed by atoms with Crippen LogP contribution < -0.4 is 4.74 Å². The van der Waals surface area contributed by atoms with Crippen molar-refractivity contribution in [2.75, 3.05) is 0 Å². The highest BCUT2D eigenvalue weighted by Crippen LogP contribution is 2.63. The number of nitrogens with zero attached hydrogens (tertiary/aromatic N) is 1. The van der Waals surface area contributed by atoms with Crippen molar-refractivity contribution in [2.24, 2.45) is 0 Å². The van der Waals surface area contributed by atoms with E-state index < -0.39 is 5.41 Å². The van der Waals surface area contributed by atoms with Crippen molar-refractivity contribution in [3.8, 4) is 22.6 Å². The van der Waals surface area contributed by atoms with E-state index in [1.54, 1.807) is 0 Å². The first-order valence-electron chi connectivity index (χ1n) is 15.2. The summed E-state index contributed by atoms with van der Waals surface area (Å²) in [6, 6.07) is 44.5. The highest BCUT2D eigenvalue weighted by atomic mass is 16.5. The molecule has 1 spiro atoms. The number of hydrogen-bond acceptors (Lipinski definition) is 1. The number of para-hydroxylation sites is 1. The Bertz CT molecular complexity index is 2340. The molecule has 2 nitrogen and oxygen atoms in total. The first-order chi connectivity index (χ1) is 21.4. The standard InChI is InChI=1S/C41H27NO/c1-2-13-27(14-3-1)42-38-28-15-5-4-12-26(28)22-23-31(38)32-24-25-36-40(39(32)42)43-37-21-11-10-20-35(37)41(36)33-18-8-6-16-29(33)30-17-7-9-19-34(30)41/h2,4-25H,1,3H2. The highest BCUT2D eigenvalue weighted by Gasteiger charge is 2.51. The minimum absolute atomic E-state index is 0.480. The van der Waals surface area contributed by atoms with Crippen molar-refractivity contribution in [1.29, 1.82) is 0 Å². The van der Waals surface area contributed by atoms with E-state index in [9.17, 15) is 0 Å². The van der Waals surface area contributed by atoms with Crippen LogP contribution in [-0.4, -0.2) is 4.57 Å². The maximum atomic E-state index is 7.11. The molecule has 0 unspecified atom stereocenters. The van der Waals surface area contributed by atoms with E-state index in [-0.39, 0.29) is 0 Å². The van der Waals surface area contributed by atoms with Crippen LogP contribution in [0.4, 0.5) is 0 Å². The normalized spacial score (nSPS) is 15.7. The van der Waals surface area contributed by atoms with Gasteiger partial charge in [0.1, 0.15) is 5.75 Å². The molecule has 3 aliphatic rings. The van der Waals surface area contributed by atoms with E-state index in [0.29, 0.717) is 0 Å². The molecule has 0 radical (unpaired) electrons. The molecule has 0 atom stereocenters. The minimum Gasteiger partial charge on any atom is -0.454 e. The van der Waals surface area contributed by atoms with Gasteiger partial charge in [0.05, 0.1) is 16.4 Å². The predicted octanol–water partition coefficient (Wildman–Crippen LogP) is 10.6. The Morgan fingerprint density at radius 3 is 2.00 bits per heavy atom. The minimum atomic E-state index is -0.480. The molecule has 0 saturated heterocycles. The van der Waals surface area contributed by atoms with Gasteiger partial charge in [-0.1, -0.05) is 127 Å². The molecule has 7 aromatic rings. The van der Waals surface area contributed by atoms with Crippen LogP contribution in [0.15, 0.2) is 140 Å². The summed E-state index contributed by atoms with van der Waals surface area (Å²) >= 11 is 0. The largest absolute Gasteiger partial charge is 0.454 e. The number of rotatable bonds is 1. The molecule has 2 heteroatoms. The Kier molecular flexibility index (Phi) is 4.52. The van der Waals surface area contributed by atoms with Gasteiger partial charge in [0.15, 0.2) is 5.75 Å². The van der Waals surface area contributed by atoms with Crippen LogP contribution in [0.25, 0.3) is 49.4 Å². The monoisotopic (exact) mass is 549 g/mol. The molecule has 0 saturated carbocycles. The summed E-state index contributed by atoms with van der Waals surface area (Å²) in [6.07, 6.45) is 9.07. The van der Waals surface area contributed by atoms with Gasteiger partial charge in [-0.15, -0.1) is 0 Å². The van der Waals surface area contributed by atoms with Gasteiger partial charge in [-0.05, 0) is 52.6 Å². The highest BCUT2D eigenvalue weighted by molar-refractivity contribution is 6.21. The lowest BCUT2D eigenvalue weighted by Crippen LogP contribution is -2.32. The van der Waals surface area contributed by atoms with E-state index >= 15 is 0 Å². The van der Waals surface area contributed by atoms with Crippen molar-refractivity contribution in [1.82, 2.24) is 4.57 Å². The van der Waals surface area contributed by atoms with Gasteiger partial charge in [-0.2, -0.15) is 0 Å². The summed E-state index contributed by atoms with van der Waals surface area (Å²) in [7, 11) is 0. The second kappa shape index (κ2) is 8.36. The second-order valence-electron chi connectivity index (χ2n) is 11.9.